The number of imidazole rings is 2. The smallest absolute Gasteiger partial charge is 0.274 e. The average Bonchev–Trinajstić information content (AvgIpc) is 3.05. The summed E-state index contributed by atoms with van der Waals surface area (Å²) in [5.74, 6) is 0.891. The Bertz CT molecular complexity index is 876. The average molecular weight is 295 g/mol. The lowest BCUT2D eigenvalue weighted by molar-refractivity contribution is 0.0726. The SMILES string of the molecule is Cc1nc2c([nH]1)CN(C(=O)c1nc3ccccn3c1C)CC2. The van der Waals surface area contributed by atoms with Crippen molar-refractivity contribution in [3.05, 3.63) is 53.0 Å². The number of nitrogens with zero attached hydrogens (tertiary/aromatic N) is 4. The summed E-state index contributed by atoms with van der Waals surface area (Å²) in [5, 5.41) is 0. The molecule has 0 fully saturated rings. The van der Waals surface area contributed by atoms with Crippen LogP contribution in [0.15, 0.2) is 24.4 Å². The summed E-state index contributed by atoms with van der Waals surface area (Å²) < 4.78 is 1.95. The topological polar surface area (TPSA) is 66.3 Å². The molecule has 0 saturated carbocycles. The lowest BCUT2D eigenvalue weighted by Gasteiger charge is -2.25. The van der Waals surface area contributed by atoms with E-state index in [2.05, 4.69) is 15.0 Å². The van der Waals surface area contributed by atoms with E-state index in [9.17, 15) is 4.79 Å². The van der Waals surface area contributed by atoms with Crippen LogP contribution in [0.1, 0.15) is 33.4 Å². The second kappa shape index (κ2) is 4.69. The van der Waals surface area contributed by atoms with Gasteiger partial charge in [0.25, 0.3) is 5.91 Å². The molecule has 0 radical (unpaired) electrons. The van der Waals surface area contributed by atoms with Gasteiger partial charge in [-0.15, -0.1) is 0 Å². The Morgan fingerprint density at radius 2 is 2.14 bits per heavy atom. The van der Waals surface area contributed by atoms with Gasteiger partial charge in [-0.05, 0) is 26.0 Å². The minimum absolute atomic E-state index is 0.0147. The fraction of sp³-hybridized carbons (Fsp3) is 0.312. The largest absolute Gasteiger partial charge is 0.344 e. The Morgan fingerprint density at radius 1 is 1.27 bits per heavy atom. The van der Waals surface area contributed by atoms with E-state index < -0.39 is 0 Å². The molecule has 112 valence electrons. The molecule has 1 aliphatic rings. The first-order valence-electron chi connectivity index (χ1n) is 7.41. The zero-order valence-corrected chi connectivity index (χ0v) is 12.6. The predicted molar refractivity (Wildman–Crippen MR) is 81.7 cm³/mol. The van der Waals surface area contributed by atoms with Crippen molar-refractivity contribution in [3.63, 3.8) is 0 Å². The van der Waals surface area contributed by atoms with Gasteiger partial charge in [-0.3, -0.25) is 4.79 Å². The predicted octanol–water partition coefficient (Wildman–Crippen LogP) is 1.87. The highest BCUT2D eigenvalue weighted by molar-refractivity contribution is 5.94. The van der Waals surface area contributed by atoms with Crippen molar-refractivity contribution in [1.82, 2.24) is 24.3 Å². The van der Waals surface area contributed by atoms with Crippen LogP contribution < -0.4 is 0 Å². The van der Waals surface area contributed by atoms with Crippen LogP contribution in [-0.2, 0) is 13.0 Å². The second-order valence-corrected chi connectivity index (χ2v) is 5.70. The summed E-state index contributed by atoms with van der Waals surface area (Å²) in [4.78, 5) is 26.9. The van der Waals surface area contributed by atoms with E-state index in [0.717, 1.165) is 35.0 Å². The normalized spacial score (nSPS) is 14.4. The highest BCUT2D eigenvalue weighted by atomic mass is 16.2. The number of nitrogens with one attached hydrogen (secondary N) is 1. The maximum absolute atomic E-state index is 12.8. The number of carbonyl (C=O) groups excluding carboxylic acids is 1. The summed E-state index contributed by atoms with van der Waals surface area (Å²) in [6, 6.07) is 5.78. The fourth-order valence-electron chi connectivity index (χ4n) is 3.08. The van der Waals surface area contributed by atoms with Crippen molar-refractivity contribution >= 4 is 11.6 Å². The Hall–Kier alpha value is -2.63. The first kappa shape index (κ1) is 13.1. The van der Waals surface area contributed by atoms with Gasteiger partial charge in [0.15, 0.2) is 0 Å². The summed E-state index contributed by atoms with van der Waals surface area (Å²) in [7, 11) is 0. The Balaban J connectivity index is 1.68. The van der Waals surface area contributed by atoms with Gasteiger partial charge >= 0.3 is 0 Å². The van der Waals surface area contributed by atoms with Crippen LogP contribution in [0.3, 0.4) is 0 Å². The number of pyridine rings is 1. The number of carbonyl (C=O) groups is 1. The van der Waals surface area contributed by atoms with Gasteiger partial charge in [-0.1, -0.05) is 6.07 Å². The standard InChI is InChI=1S/C16H17N5O/c1-10-15(19-14-5-3-4-7-21(10)14)16(22)20-8-6-12-13(9-20)18-11(2)17-12/h3-5,7H,6,8-9H2,1-2H3,(H,17,18). The molecule has 4 heterocycles. The zero-order chi connectivity index (χ0) is 15.3. The van der Waals surface area contributed by atoms with Crippen molar-refractivity contribution in [2.24, 2.45) is 0 Å². The fourth-order valence-corrected chi connectivity index (χ4v) is 3.08. The minimum Gasteiger partial charge on any atom is -0.344 e. The van der Waals surface area contributed by atoms with Crippen molar-refractivity contribution in [3.8, 4) is 0 Å². The van der Waals surface area contributed by atoms with Crippen molar-refractivity contribution in [1.29, 1.82) is 0 Å². The lowest BCUT2D eigenvalue weighted by Crippen LogP contribution is -2.36. The molecule has 4 rings (SSSR count). The van der Waals surface area contributed by atoms with E-state index in [-0.39, 0.29) is 5.91 Å². The summed E-state index contributed by atoms with van der Waals surface area (Å²) in [6.07, 6.45) is 2.72. The van der Waals surface area contributed by atoms with E-state index in [1.807, 2.05) is 47.5 Å². The van der Waals surface area contributed by atoms with Crippen LogP contribution in [0.2, 0.25) is 0 Å². The van der Waals surface area contributed by atoms with Crippen LogP contribution in [-0.4, -0.2) is 36.7 Å². The highest BCUT2D eigenvalue weighted by Gasteiger charge is 2.27. The number of aromatic nitrogens is 4. The van der Waals surface area contributed by atoms with Gasteiger partial charge < -0.3 is 14.3 Å². The van der Waals surface area contributed by atoms with E-state index in [0.29, 0.717) is 18.8 Å². The monoisotopic (exact) mass is 295 g/mol. The van der Waals surface area contributed by atoms with E-state index in [1.165, 1.54) is 0 Å². The molecule has 1 amide bonds. The quantitative estimate of drug-likeness (QED) is 0.745. The summed E-state index contributed by atoms with van der Waals surface area (Å²) in [5.41, 5.74) is 4.34. The van der Waals surface area contributed by atoms with E-state index in [4.69, 9.17) is 0 Å². The molecule has 3 aromatic rings. The molecule has 0 aromatic carbocycles. The van der Waals surface area contributed by atoms with E-state index in [1.54, 1.807) is 0 Å². The summed E-state index contributed by atoms with van der Waals surface area (Å²) in [6.45, 7) is 5.13. The van der Waals surface area contributed by atoms with Gasteiger partial charge in [0.1, 0.15) is 17.2 Å². The third-order valence-corrected chi connectivity index (χ3v) is 4.21. The number of H-pyrrole nitrogens is 1. The van der Waals surface area contributed by atoms with Crippen LogP contribution in [0, 0.1) is 13.8 Å². The molecule has 6 nitrogen and oxygen atoms in total. The molecular formula is C16H17N5O. The van der Waals surface area contributed by atoms with Crippen molar-refractivity contribution in [2.45, 2.75) is 26.8 Å². The van der Waals surface area contributed by atoms with Gasteiger partial charge in [0.05, 0.1) is 23.6 Å². The molecule has 0 unspecified atom stereocenters. The minimum atomic E-state index is -0.0147. The molecule has 1 N–H and O–H groups in total. The Kier molecular flexibility index (Phi) is 2.79. The Morgan fingerprint density at radius 3 is 2.95 bits per heavy atom. The first-order chi connectivity index (χ1) is 10.6. The maximum atomic E-state index is 12.8. The van der Waals surface area contributed by atoms with Gasteiger partial charge in [-0.2, -0.15) is 0 Å². The van der Waals surface area contributed by atoms with Gasteiger partial charge in [0.2, 0.25) is 0 Å². The number of fused-ring (bicyclic) bond motifs is 2. The molecule has 0 aliphatic carbocycles. The number of aryl methyl sites for hydroxylation is 2. The van der Waals surface area contributed by atoms with Crippen LogP contribution in [0.25, 0.3) is 5.65 Å². The first-order valence-corrected chi connectivity index (χ1v) is 7.41. The van der Waals surface area contributed by atoms with Crippen molar-refractivity contribution < 1.29 is 4.79 Å². The second-order valence-electron chi connectivity index (χ2n) is 5.70. The highest BCUT2D eigenvalue weighted by Crippen LogP contribution is 2.20. The molecule has 0 atom stereocenters. The number of amides is 1. The molecule has 0 bridgehead atoms. The van der Waals surface area contributed by atoms with E-state index >= 15 is 0 Å². The molecule has 0 saturated heterocycles. The van der Waals surface area contributed by atoms with Gasteiger partial charge in [-0.25, -0.2) is 9.97 Å². The maximum Gasteiger partial charge on any atom is 0.274 e. The zero-order valence-electron chi connectivity index (χ0n) is 12.6. The third kappa shape index (κ3) is 1.91. The molecule has 1 aliphatic heterocycles. The van der Waals surface area contributed by atoms with Crippen LogP contribution >= 0.6 is 0 Å². The Labute approximate surface area is 127 Å². The summed E-state index contributed by atoms with van der Waals surface area (Å²) >= 11 is 0. The molecule has 6 heteroatoms. The molecule has 3 aromatic heterocycles. The molecular weight excluding hydrogens is 278 g/mol. The number of hydrogen-bond donors (Lipinski definition) is 1. The van der Waals surface area contributed by atoms with Crippen LogP contribution in [0.5, 0.6) is 0 Å². The van der Waals surface area contributed by atoms with Crippen molar-refractivity contribution in [2.75, 3.05) is 6.54 Å². The number of aromatic amines is 1. The third-order valence-electron chi connectivity index (χ3n) is 4.21. The van der Waals surface area contributed by atoms with Crippen LogP contribution in [0.4, 0.5) is 0 Å². The molecule has 22 heavy (non-hydrogen) atoms. The van der Waals surface area contributed by atoms with Gasteiger partial charge in [0, 0.05) is 19.2 Å². The lowest BCUT2D eigenvalue weighted by atomic mass is 10.1. The molecule has 0 spiro atoms. The number of rotatable bonds is 1. The number of hydrogen-bond acceptors (Lipinski definition) is 3.